The van der Waals surface area contributed by atoms with Gasteiger partial charge in [0.2, 0.25) is 11.8 Å². The van der Waals surface area contributed by atoms with Crippen molar-refractivity contribution < 1.29 is 9.59 Å². The Bertz CT molecular complexity index is 909. The van der Waals surface area contributed by atoms with Crippen LogP contribution in [0, 0.1) is 0 Å². The quantitative estimate of drug-likeness (QED) is 0.498. The molecule has 0 spiro atoms. The molecule has 7 heteroatoms. The van der Waals surface area contributed by atoms with Crippen LogP contribution in [0.25, 0.3) is 0 Å². The summed E-state index contributed by atoms with van der Waals surface area (Å²) in [5, 5.41) is 4.56. The molecule has 0 saturated heterocycles. The van der Waals surface area contributed by atoms with Gasteiger partial charge in [0, 0.05) is 27.7 Å². The van der Waals surface area contributed by atoms with E-state index in [-0.39, 0.29) is 30.8 Å². The Labute approximate surface area is 198 Å². The molecule has 1 unspecified atom stereocenters. The molecule has 31 heavy (non-hydrogen) atoms. The first kappa shape index (κ1) is 23.9. The summed E-state index contributed by atoms with van der Waals surface area (Å²) in [6.07, 6.45) is 4.71. The van der Waals surface area contributed by atoms with Crippen molar-refractivity contribution in [2.75, 3.05) is 0 Å². The van der Waals surface area contributed by atoms with Crippen LogP contribution in [-0.4, -0.2) is 28.8 Å². The van der Waals surface area contributed by atoms with Gasteiger partial charge in [0.05, 0.1) is 6.42 Å². The van der Waals surface area contributed by atoms with E-state index in [9.17, 15) is 9.59 Å². The largest absolute Gasteiger partial charge is 0.352 e. The molecule has 1 aliphatic carbocycles. The highest BCUT2D eigenvalue weighted by Crippen LogP contribution is 2.27. The maximum absolute atomic E-state index is 13.5. The predicted molar refractivity (Wildman–Crippen MR) is 127 cm³/mol. The van der Waals surface area contributed by atoms with Gasteiger partial charge in [-0.1, -0.05) is 78.8 Å². The van der Waals surface area contributed by atoms with Gasteiger partial charge in [0.1, 0.15) is 6.04 Å². The summed E-state index contributed by atoms with van der Waals surface area (Å²) < 4.78 is 0. The Kier molecular flexibility index (Phi) is 8.65. The fourth-order valence-corrected chi connectivity index (χ4v) is 4.78. The standard InChI is InChI=1S/C24H27Cl3N2O2/c1-2-22(24(31)28-17-9-4-5-10-17)29(15-16-8-3-6-11-19(16)25)23(30)14-18-20(26)12-7-13-21(18)27/h3,6-8,11-13,17,22H,2,4-5,9-10,14-15H2,1H3,(H,28,31). The van der Waals surface area contributed by atoms with Crippen molar-refractivity contribution in [1.29, 1.82) is 0 Å². The van der Waals surface area contributed by atoms with Crippen LogP contribution in [0.2, 0.25) is 15.1 Å². The maximum atomic E-state index is 13.5. The van der Waals surface area contributed by atoms with Gasteiger partial charge in [-0.15, -0.1) is 0 Å². The lowest BCUT2D eigenvalue weighted by atomic mass is 10.1. The predicted octanol–water partition coefficient (Wildman–Crippen LogP) is 6.06. The van der Waals surface area contributed by atoms with Crippen molar-refractivity contribution in [1.82, 2.24) is 10.2 Å². The van der Waals surface area contributed by atoms with Crippen molar-refractivity contribution in [3.63, 3.8) is 0 Å². The van der Waals surface area contributed by atoms with E-state index in [1.54, 1.807) is 29.2 Å². The number of carbonyl (C=O) groups excluding carboxylic acids is 2. The lowest BCUT2D eigenvalue weighted by Gasteiger charge is -2.32. The van der Waals surface area contributed by atoms with E-state index in [1.807, 2.05) is 25.1 Å². The van der Waals surface area contributed by atoms with E-state index < -0.39 is 6.04 Å². The van der Waals surface area contributed by atoms with Gasteiger partial charge in [0.25, 0.3) is 0 Å². The number of halogens is 3. The maximum Gasteiger partial charge on any atom is 0.243 e. The summed E-state index contributed by atoms with van der Waals surface area (Å²) in [6, 6.07) is 12.1. The molecule has 1 saturated carbocycles. The molecule has 2 amide bonds. The van der Waals surface area contributed by atoms with Crippen LogP contribution in [-0.2, 0) is 22.6 Å². The van der Waals surface area contributed by atoms with Gasteiger partial charge >= 0.3 is 0 Å². The van der Waals surface area contributed by atoms with E-state index >= 15 is 0 Å². The minimum Gasteiger partial charge on any atom is -0.352 e. The van der Waals surface area contributed by atoms with Crippen LogP contribution in [0.5, 0.6) is 0 Å². The number of nitrogens with one attached hydrogen (secondary N) is 1. The first-order chi connectivity index (χ1) is 14.9. The molecule has 0 bridgehead atoms. The average Bonchev–Trinajstić information content (AvgIpc) is 3.25. The smallest absolute Gasteiger partial charge is 0.243 e. The first-order valence-electron chi connectivity index (χ1n) is 10.7. The SMILES string of the molecule is CCC(C(=O)NC1CCCC1)N(Cc1ccccc1Cl)C(=O)Cc1c(Cl)cccc1Cl. The van der Waals surface area contributed by atoms with E-state index in [0.29, 0.717) is 27.1 Å². The molecule has 1 fully saturated rings. The molecule has 0 aromatic heterocycles. The molecule has 1 atom stereocenters. The van der Waals surface area contributed by atoms with Gasteiger partial charge < -0.3 is 10.2 Å². The molecule has 166 valence electrons. The summed E-state index contributed by atoms with van der Waals surface area (Å²) in [5.74, 6) is -0.344. The Morgan fingerprint density at radius 3 is 2.23 bits per heavy atom. The zero-order valence-corrected chi connectivity index (χ0v) is 19.8. The van der Waals surface area contributed by atoms with Gasteiger partial charge in [0.15, 0.2) is 0 Å². The van der Waals surface area contributed by atoms with Crippen LogP contribution in [0.15, 0.2) is 42.5 Å². The fraction of sp³-hybridized carbons (Fsp3) is 0.417. The van der Waals surface area contributed by atoms with Crippen LogP contribution in [0.3, 0.4) is 0 Å². The molecular weight excluding hydrogens is 455 g/mol. The van der Waals surface area contributed by atoms with E-state index in [0.717, 1.165) is 31.2 Å². The number of hydrogen-bond acceptors (Lipinski definition) is 2. The molecule has 4 nitrogen and oxygen atoms in total. The number of benzene rings is 2. The lowest BCUT2D eigenvalue weighted by molar-refractivity contribution is -0.141. The van der Waals surface area contributed by atoms with Gasteiger partial charge in [-0.05, 0) is 48.6 Å². The third-order valence-corrected chi connectivity index (χ3v) is 6.85. The van der Waals surface area contributed by atoms with Gasteiger partial charge in [-0.25, -0.2) is 0 Å². The van der Waals surface area contributed by atoms with E-state index in [1.165, 1.54) is 0 Å². The van der Waals surface area contributed by atoms with E-state index in [4.69, 9.17) is 34.8 Å². The molecule has 0 aliphatic heterocycles. The highest BCUT2D eigenvalue weighted by molar-refractivity contribution is 6.36. The second-order valence-electron chi connectivity index (χ2n) is 7.90. The highest BCUT2D eigenvalue weighted by atomic mass is 35.5. The Balaban J connectivity index is 1.87. The minimum absolute atomic E-state index is 0.0101. The second-order valence-corrected chi connectivity index (χ2v) is 9.13. The molecule has 2 aromatic rings. The Morgan fingerprint density at radius 1 is 1.00 bits per heavy atom. The molecule has 0 heterocycles. The van der Waals surface area contributed by atoms with Crippen molar-refractivity contribution in [3.05, 3.63) is 68.7 Å². The monoisotopic (exact) mass is 480 g/mol. The van der Waals surface area contributed by atoms with Crippen molar-refractivity contribution in [2.24, 2.45) is 0 Å². The third kappa shape index (κ3) is 6.15. The molecule has 1 aliphatic rings. The second kappa shape index (κ2) is 11.2. The van der Waals surface area contributed by atoms with Crippen LogP contribution < -0.4 is 5.32 Å². The average molecular weight is 482 g/mol. The van der Waals surface area contributed by atoms with Crippen LogP contribution in [0.1, 0.15) is 50.2 Å². The van der Waals surface area contributed by atoms with Crippen molar-refractivity contribution >= 4 is 46.6 Å². The van der Waals surface area contributed by atoms with Crippen LogP contribution >= 0.6 is 34.8 Å². The summed E-state index contributed by atoms with van der Waals surface area (Å²) in [5.41, 5.74) is 1.35. The minimum atomic E-state index is -0.606. The van der Waals surface area contributed by atoms with Gasteiger partial charge in [-0.2, -0.15) is 0 Å². The third-order valence-electron chi connectivity index (χ3n) is 5.78. The summed E-state index contributed by atoms with van der Waals surface area (Å²) in [4.78, 5) is 28.2. The zero-order chi connectivity index (χ0) is 22.4. The first-order valence-corrected chi connectivity index (χ1v) is 11.8. The highest BCUT2D eigenvalue weighted by Gasteiger charge is 2.31. The summed E-state index contributed by atoms with van der Waals surface area (Å²) in [7, 11) is 0. The topological polar surface area (TPSA) is 49.4 Å². The van der Waals surface area contributed by atoms with E-state index in [2.05, 4.69) is 5.32 Å². The molecular formula is C24H27Cl3N2O2. The summed E-state index contributed by atoms with van der Waals surface area (Å²) >= 11 is 19.0. The number of hydrogen-bond donors (Lipinski definition) is 1. The number of amides is 2. The normalized spacial score (nSPS) is 15.0. The number of rotatable bonds is 8. The molecule has 0 radical (unpaired) electrons. The number of nitrogens with zero attached hydrogens (tertiary/aromatic N) is 1. The molecule has 2 aromatic carbocycles. The van der Waals surface area contributed by atoms with Crippen LogP contribution in [0.4, 0.5) is 0 Å². The Hall–Kier alpha value is -1.75. The van der Waals surface area contributed by atoms with Crippen molar-refractivity contribution in [3.8, 4) is 0 Å². The molecule has 3 rings (SSSR count). The zero-order valence-electron chi connectivity index (χ0n) is 17.5. The Morgan fingerprint density at radius 2 is 1.61 bits per heavy atom. The van der Waals surface area contributed by atoms with Gasteiger partial charge in [-0.3, -0.25) is 9.59 Å². The molecule has 1 N–H and O–H groups in total. The van der Waals surface area contributed by atoms with Crippen molar-refractivity contribution in [2.45, 2.75) is 64.1 Å². The lowest BCUT2D eigenvalue weighted by Crippen LogP contribution is -2.51. The summed E-state index contributed by atoms with van der Waals surface area (Å²) in [6.45, 7) is 2.14. The number of carbonyl (C=O) groups is 2. The fourth-order valence-electron chi connectivity index (χ4n) is 4.05.